The molecule has 0 unspecified atom stereocenters. The van der Waals surface area contributed by atoms with Gasteiger partial charge in [-0.1, -0.05) is 20.8 Å². The van der Waals surface area contributed by atoms with Crippen molar-refractivity contribution < 1.29 is 9.08 Å². The van der Waals surface area contributed by atoms with Crippen LogP contribution in [0.4, 0.5) is 0 Å². The lowest BCUT2D eigenvalue weighted by Crippen LogP contribution is -2.29. The molecular formula is C8H15ClO2. The Morgan fingerprint density at radius 1 is 1.27 bits per heavy atom. The van der Waals surface area contributed by atoms with Gasteiger partial charge in [0.2, 0.25) is 0 Å². The highest BCUT2D eigenvalue weighted by atomic mass is 35.5. The Balaban J connectivity index is 4.39. The molecule has 0 aromatic heterocycles. The normalized spacial score (nSPS) is 11.3. The van der Waals surface area contributed by atoms with Gasteiger partial charge in [0.1, 0.15) is 11.9 Å². The molecule has 0 rings (SSSR count). The van der Waals surface area contributed by atoms with E-state index in [9.17, 15) is 4.79 Å². The maximum Gasteiger partial charge on any atom is 0.330 e. The molecule has 2 nitrogen and oxygen atoms in total. The Labute approximate surface area is 73.0 Å². The van der Waals surface area contributed by atoms with Crippen LogP contribution in [0, 0.1) is 5.41 Å². The predicted octanol–water partition coefficient (Wildman–Crippen LogP) is 2.90. The minimum absolute atomic E-state index is 0.299. The molecule has 0 aromatic carbocycles. The van der Waals surface area contributed by atoms with Crippen molar-refractivity contribution in [1.82, 2.24) is 0 Å². The highest BCUT2D eigenvalue weighted by molar-refractivity contribution is 6.13. The van der Waals surface area contributed by atoms with Gasteiger partial charge in [-0.15, -0.1) is 0 Å². The molecule has 0 amide bonds. The summed E-state index contributed by atoms with van der Waals surface area (Å²) in [5, 5.41) is 0. The average molecular weight is 179 g/mol. The van der Waals surface area contributed by atoms with Crippen LogP contribution in [0.2, 0.25) is 0 Å². The SMILES string of the molecule is CCC(CC)(CC)C(=O)OCl. The monoisotopic (exact) mass is 178 g/mol. The van der Waals surface area contributed by atoms with Gasteiger partial charge in [0.25, 0.3) is 0 Å². The largest absolute Gasteiger partial charge is 0.347 e. The second-order valence-corrected chi connectivity index (χ2v) is 2.86. The Morgan fingerprint density at radius 3 is 1.73 bits per heavy atom. The number of rotatable bonds is 4. The summed E-state index contributed by atoms with van der Waals surface area (Å²) in [5.41, 5.74) is -0.359. The third-order valence-corrected chi connectivity index (χ3v) is 2.67. The van der Waals surface area contributed by atoms with E-state index in [2.05, 4.69) is 4.29 Å². The summed E-state index contributed by atoms with van der Waals surface area (Å²) in [6.07, 6.45) is 2.35. The molecular weight excluding hydrogens is 164 g/mol. The summed E-state index contributed by atoms with van der Waals surface area (Å²) >= 11 is 5.02. The topological polar surface area (TPSA) is 26.3 Å². The van der Waals surface area contributed by atoms with E-state index in [1.165, 1.54) is 0 Å². The van der Waals surface area contributed by atoms with Crippen LogP contribution in [0.25, 0.3) is 0 Å². The maximum atomic E-state index is 11.2. The second-order valence-electron chi connectivity index (χ2n) is 2.71. The first-order valence-corrected chi connectivity index (χ1v) is 4.30. The Bertz CT molecular complexity index is 122. The van der Waals surface area contributed by atoms with Crippen molar-refractivity contribution in [2.24, 2.45) is 5.41 Å². The van der Waals surface area contributed by atoms with Crippen LogP contribution in [-0.4, -0.2) is 5.97 Å². The van der Waals surface area contributed by atoms with Crippen LogP contribution in [0.3, 0.4) is 0 Å². The Hall–Kier alpha value is -0.240. The zero-order valence-electron chi connectivity index (χ0n) is 7.32. The summed E-state index contributed by atoms with van der Waals surface area (Å²) in [4.78, 5) is 11.2. The van der Waals surface area contributed by atoms with E-state index in [0.29, 0.717) is 0 Å². The predicted molar refractivity (Wildman–Crippen MR) is 45.3 cm³/mol. The number of carbonyl (C=O) groups is 1. The molecule has 0 bridgehead atoms. The van der Waals surface area contributed by atoms with E-state index in [1.54, 1.807) is 0 Å². The molecule has 0 aromatic rings. The van der Waals surface area contributed by atoms with E-state index >= 15 is 0 Å². The van der Waals surface area contributed by atoms with Gasteiger partial charge >= 0.3 is 5.97 Å². The molecule has 0 N–H and O–H groups in total. The number of carbonyl (C=O) groups excluding carboxylic acids is 1. The van der Waals surface area contributed by atoms with Gasteiger partial charge in [-0.25, -0.2) is 4.79 Å². The fourth-order valence-electron chi connectivity index (χ4n) is 1.26. The first-order valence-electron chi connectivity index (χ1n) is 3.99. The van der Waals surface area contributed by atoms with Crippen LogP contribution in [0.5, 0.6) is 0 Å². The second kappa shape index (κ2) is 4.60. The molecule has 0 saturated carbocycles. The van der Waals surface area contributed by atoms with E-state index in [4.69, 9.17) is 11.9 Å². The van der Waals surface area contributed by atoms with Crippen molar-refractivity contribution >= 4 is 17.8 Å². The van der Waals surface area contributed by atoms with Crippen molar-refractivity contribution in [2.45, 2.75) is 40.0 Å². The third-order valence-electron chi connectivity index (χ3n) is 2.53. The third kappa shape index (κ3) is 2.09. The van der Waals surface area contributed by atoms with Gasteiger partial charge in [-0.05, 0) is 19.3 Å². The molecule has 0 heterocycles. The molecule has 3 heteroatoms. The van der Waals surface area contributed by atoms with Gasteiger partial charge in [0, 0.05) is 0 Å². The van der Waals surface area contributed by atoms with Gasteiger partial charge < -0.3 is 4.29 Å². The van der Waals surface area contributed by atoms with Crippen molar-refractivity contribution in [3.8, 4) is 0 Å². The zero-order chi connectivity index (χ0) is 8.91. The lowest BCUT2D eigenvalue weighted by molar-refractivity contribution is -0.146. The number of hydrogen-bond donors (Lipinski definition) is 0. The Kier molecular flexibility index (Phi) is 4.50. The quantitative estimate of drug-likeness (QED) is 0.662. The molecule has 0 spiro atoms. The van der Waals surface area contributed by atoms with Gasteiger partial charge in [-0.3, -0.25) is 0 Å². The molecule has 0 aliphatic rings. The van der Waals surface area contributed by atoms with E-state index in [-0.39, 0.29) is 11.4 Å². The Morgan fingerprint density at radius 2 is 1.64 bits per heavy atom. The fraction of sp³-hybridized carbons (Fsp3) is 0.875. The number of halogens is 1. The molecule has 0 fully saturated rings. The minimum atomic E-state index is -0.359. The summed E-state index contributed by atoms with van der Waals surface area (Å²) < 4.78 is 4.22. The highest BCUT2D eigenvalue weighted by Gasteiger charge is 2.34. The maximum absolute atomic E-state index is 11.2. The summed E-state index contributed by atoms with van der Waals surface area (Å²) in [6, 6.07) is 0. The van der Waals surface area contributed by atoms with Crippen LogP contribution in [0.15, 0.2) is 0 Å². The van der Waals surface area contributed by atoms with Crippen molar-refractivity contribution in [3.63, 3.8) is 0 Å². The molecule has 0 aliphatic heterocycles. The van der Waals surface area contributed by atoms with Gasteiger partial charge in [0.05, 0.1) is 5.41 Å². The zero-order valence-corrected chi connectivity index (χ0v) is 8.07. The highest BCUT2D eigenvalue weighted by Crippen LogP contribution is 2.32. The lowest BCUT2D eigenvalue weighted by atomic mass is 9.80. The average Bonchev–Trinajstić information content (AvgIpc) is 2.08. The molecule has 0 radical (unpaired) electrons. The fourth-order valence-corrected chi connectivity index (χ4v) is 1.43. The molecule has 0 aliphatic carbocycles. The van der Waals surface area contributed by atoms with Crippen LogP contribution < -0.4 is 0 Å². The van der Waals surface area contributed by atoms with Gasteiger partial charge in [-0.2, -0.15) is 0 Å². The van der Waals surface area contributed by atoms with Crippen LogP contribution >= 0.6 is 11.9 Å². The van der Waals surface area contributed by atoms with Crippen molar-refractivity contribution in [2.75, 3.05) is 0 Å². The first-order chi connectivity index (χ1) is 5.16. The van der Waals surface area contributed by atoms with Crippen LogP contribution in [-0.2, 0) is 9.08 Å². The standard InChI is InChI=1S/C8H15ClO2/c1-4-8(5-2,6-3)7(10)11-9/h4-6H2,1-3H3. The van der Waals surface area contributed by atoms with E-state index in [0.717, 1.165) is 19.3 Å². The first kappa shape index (κ1) is 10.8. The number of hydrogen-bond acceptors (Lipinski definition) is 2. The summed E-state index contributed by atoms with van der Waals surface area (Å²) in [6.45, 7) is 5.92. The summed E-state index contributed by atoms with van der Waals surface area (Å²) in [7, 11) is 0. The van der Waals surface area contributed by atoms with Crippen LogP contribution in [0.1, 0.15) is 40.0 Å². The van der Waals surface area contributed by atoms with Gasteiger partial charge in [0.15, 0.2) is 0 Å². The summed E-state index contributed by atoms with van der Waals surface area (Å²) in [5.74, 6) is -0.299. The molecule has 0 atom stereocenters. The lowest BCUT2D eigenvalue weighted by Gasteiger charge is -2.25. The van der Waals surface area contributed by atoms with E-state index in [1.807, 2.05) is 20.8 Å². The van der Waals surface area contributed by atoms with E-state index < -0.39 is 0 Å². The molecule has 66 valence electrons. The molecule has 0 saturated heterocycles. The van der Waals surface area contributed by atoms with Crippen molar-refractivity contribution in [1.29, 1.82) is 0 Å². The molecule has 11 heavy (non-hydrogen) atoms. The smallest absolute Gasteiger partial charge is 0.330 e. The minimum Gasteiger partial charge on any atom is -0.347 e. The van der Waals surface area contributed by atoms with Crippen molar-refractivity contribution in [3.05, 3.63) is 0 Å².